The molecule has 4 aliphatic rings. The molecule has 2 saturated heterocycles. The fourth-order valence-corrected chi connectivity index (χ4v) is 14.6. The van der Waals surface area contributed by atoms with Gasteiger partial charge in [-0.2, -0.15) is 0 Å². The first-order chi connectivity index (χ1) is 43.9. The first-order valence-corrected chi connectivity index (χ1v) is 36.2. The minimum atomic E-state index is -1.67. The van der Waals surface area contributed by atoms with E-state index < -0.39 is 151 Å². The highest BCUT2D eigenvalue weighted by Gasteiger charge is 2.45. The van der Waals surface area contributed by atoms with Crippen molar-refractivity contribution in [3.05, 3.63) is 0 Å². The Morgan fingerprint density at radius 3 is 1.66 bits per heavy atom. The van der Waals surface area contributed by atoms with Crippen LogP contribution in [0.5, 0.6) is 0 Å². The quantitative estimate of drug-likeness (QED) is 0.137. The molecule has 24 nitrogen and oxygen atoms in total. The van der Waals surface area contributed by atoms with E-state index in [9.17, 15) is 52.7 Å². The molecule has 4 fully saturated rings. The van der Waals surface area contributed by atoms with Crippen LogP contribution in [0.2, 0.25) is 0 Å². The fourth-order valence-electron chi connectivity index (χ4n) is 13.2. The Hall–Kier alpha value is -5.34. The Kier molecular flexibility index (Phi) is 32.3. The number of amides is 12. The van der Waals surface area contributed by atoms with E-state index in [1.54, 1.807) is 11.8 Å². The fraction of sp³-hybridized carbons (Fsp3) is 0.824. The summed E-state index contributed by atoms with van der Waals surface area (Å²) in [6.07, 6.45) is 9.39. The predicted octanol–water partition coefficient (Wildman–Crippen LogP) is 5.19. The molecular weight excluding hydrogens is 1340 g/mol. The molecule has 0 bridgehead atoms. The van der Waals surface area contributed by atoms with Gasteiger partial charge in [-0.25, -0.2) is 0 Å². The smallest absolute Gasteiger partial charge is 0.246 e. The Bertz CT molecular complexity index is 2630. The van der Waals surface area contributed by atoms with Crippen LogP contribution in [0.1, 0.15) is 185 Å². The highest BCUT2D eigenvalue weighted by molar-refractivity contribution is 14.1. The van der Waals surface area contributed by atoms with Crippen LogP contribution < -0.4 is 21.3 Å². The number of halogens is 2. The molecule has 2 unspecified atom stereocenters. The van der Waals surface area contributed by atoms with Gasteiger partial charge in [-0.1, -0.05) is 97.2 Å². The summed E-state index contributed by atoms with van der Waals surface area (Å²) in [5.41, 5.74) is -1.67. The van der Waals surface area contributed by atoms with Crippen molar-refractivity contribution in [1.82, 2.24) is 60.5 Å². The van der Waals surface area contributed by atoms with E-state index in [0.29, 0.717) is 62.0 Å². The lowest BCUT2D eigenvalue weighted by atomic mass is 9.84. The van der Waals surface area contributed by atoms with Gasteiger partial charge in [0.25, 0.3) is 0 Å². The van der Waals surface area contributed by atoms with Gasteiger partial charge < -0.3 is 60.5 Å². The third-order valence-corrected chi connectivity index (χ3v) is 21.4. The molecule has 0 aromatic carbocycles. The molecule has 4 N–H and O–H groups in total. The molecule has 534 valence electrons. The van der Waals surface area contributed by atoms with E-state index in [-0.39, 0.29) is 67.1 Å². The highest BCUT2D eigenvalue weighted by Crippen LogP contribution is 2.34. The van der Waals surface area contributed by atoms with Gasteiger partial charge in [0.05, 0.1) is 26.1 Å². The van der Waals surface area contributed by atoms with Crippen molar-refractivity contribution in [2.45, 2.75) is 242 Å². The van der Waals surface area contributed by atoms with E-state index >= 15 is 4.79 Å². The van der Waals surface area contributed by atoms with Gasteiger partial charge in [-0.05, 0) is 139 Å². The molecule has 12 amide bonds. The summed E-state index contributed by atoms with van der Waals surface area (Å²) in [6.45, 7) is 17.2. The van der Waals surface area contributed by atoms with Crippen molar-refractivity contribution in [2.24, 2.45) is 35.5 Å². The number of hydrogen-bond acceptors (Lipinski definition) is 12. The summed E-state index contributed by atoms with van der Waals surface area (Å²) in [4.78, 5) is 187. The second-order valence-corrected chi connectivity index (χ2v) is 31.8. The number of carbonyl (C=O) groups excluding carboxylic acids is 12. The summed E-state index contributed by atoms with van der Waals surface area (Å²) < 4.78 is 0.339. The summed E-state index contributed by atoms with van der Waals surface area (Å²) in [5.74, 6) is -8.33. The van der Waals surface area contributed by atoms with Crippen LogP contribution >= 0.6 is 34.2 Å². The average molecular weight is 1460 g/mol. The van der Waals surface area contributed by atoms with Gasteiger partial charge in [-0.15, -0.1) is 11.6 Å². The minimum absolute atomic E-state index is 0.00192. The first-order valence-electron chi connectivity index (χ1n) is 34.5. The monoisotopic (exact) mass is 1450 g/mol. The van der Waals surface area contributed by atoms with Gasteiger partial charge in [0.1, 0.15) is 47.8 Å². The number of carbonyl (C=O) groups is 12. The number of nitrogens with one attached hydrogen (secondary N) is 4. The lowest BCUT2D eigenvalue weighted by Crippen LogP contribution is -2.63. The van der Waals surface area contributed by atoms with E-state index in [0.717, 1.165) is 37.0 Å². The largest absolute Gasteiger partial charge is 0.343 e. The van der Waals surface area contributed by atoms with Crippen LogP contribution in [-0.4, -0.2) is 249 Å². The number of likely N-dealkylation sites (tertiary alicyclic amines) is 1. The summed E-state index contributed by atoms with van der Waals surface area (Å²) in [5, 5.41) is 11.7. The van der Waals surface area contributed by atoms with E-state index in [1.165, 1.54) is 92.6 Å². The Labute approximate surface area is 579 Å². The molecule has 2 aliphatic heterocycles. The molecular formula is C68H116ClIN12O12. The third-order valence-electron chi connectivity index (χ3n) is 19.9. The Morgan fingerprint density at radius 1 is 0.543 bits per heavy atom. The number of piperidine rings is 1. The minimum Gasteiger partial charge on any atom is -0.343 e. The molecule has 2 heterocycles. The van der Waals surface area contributed by atoms with Crippen molar-refractivity contribution in [3.63, 3.8) is 0 Å². The van der Waals surface area contributed by atoms with Crippen LogP contribution in [0.3, 0.4) is 0 Å². The standard InChI is InChI=1S/C68H116ClIN12O12/c1-18-44(8)59-66(93)77(13)39-57(85)75(11)40-58(86)79(15)53(36-45-25-27-47(69)28-26-45)64(91)76(12)38-55(83)71-49(35-46-23-22-24-48(70)34-46)60(87)72-51(32-42(4)5)63(90)81(17)68(9,10)67(94)73-50(31-41(2)3)62(89)80(16)54(65(92)82-29-20-19-21-30-82)37-56(84)78(14)52(33-43(6)7)61(88)74-59/h41-54,59H,18-40H2,1-17H3,(H,71,83)(H,72,87)(H,73,94)(H,74,88)/t44-,45?,46?,47?,48?,49-,50-,51-,52-,53-,54-,59-/m0/s1. The second-order valence-electron chi connectivity index (χ2n) is 29.4. The van der Waals surface area contributed by atoms with Crippen molar-refractivity contribution >= 4 is 105 Å². The van der Waals surface area contributed by atoms with Crippen molar-refractivity contribution in [2.75, 3.05) is 82.1 Å². The molecule has 0 radical (unpaired) electrons. The Morgan fingerprint density at radius 2 is 1.10 bits per heavy atom. The average Bonchev–Trinajstić information content (AvgIpc) is 0.828. The molecule has 0 aromatic heterocycles. The molecule has 0 aromatic rings. The number of likely N-dealkylation sites (N-methyl/N-ethyl adjacent to an activating group) is 7. The summed E-state index contributed by atoms with van der Waals surface area (Å²) >= 11 is 8.92. The highest BCUT2D eigenvalue weighted by atomic mass is 127. The normalized spacial score (nSPS) is 29.2. The lowest BCUT2D eigenvalue weighted by Gasteiger charge is -2.39. The maximum Gasteiger partial charge on any atom is 0.246 e. The van der Waals surface area contributed by atoms with Crippen LogP contribution in [0, 0.1) is 35.5 Å². The van der Waals surface area contributed by atoms with Crippen molar-refractivity contribution in [3.8, 4) is 0 Å². The molecule has 26 heteroatoms. The number of alkyl halides is 2. The molecule has 0 spiro atoms. The second kappa shape index (κ2) is 37.4. The zero-order valence-electron chi connectivity index (χ0n) is 59.7. The van der Waals surface area contributed by atoms with Gasteiger partial charge in [0, 0.05) is 71.7 Å². The van der Waals surface area contributed by atoms with Gasteiger partial charge in [-0.3, -0.25) is 57.5 Å². The van der Waals surface area contributed by atoms with Crippen LogP contribution in [0.25, 0.3) is 0 Å². The maximum atomic E-state index is 15.1. The number of nitrogens with zero attached hydrogens (tertiary/aromatic N) is 8. The van der Waals surface area contributed by atoms with Crippen molar-refractivity contribution in [1.29, 1.82) is 0 Å². The Balaban J connectivity index is 1.87. The SMILES string of the molecule is CC[C@H](C)[C@@H]1NC(=O)[C@H](CC(C)C)N(C)C(=O)C[C@@H](C(=O)N2CCCCC2)N(C)C(=O)[C@H](CC(C)C)NC(=O)C(C)(C)N(C)C(=O)[C@H](CC(C)C)NC(=O)[C@H](CC2CCCC(I)C2)NC(=O)CN(C)C(=O)[C@H](CC2CCC(Cl)CC2)N(C)C(=O)CN(C)C(=O)CN(C)C1=O. The summed E-state index contributed by atoms with van der Waals surface area (Å²) in [6, 6.07) is -8.40. The van der Waals surface area contributed by atoms with Gasteiger partial charge >= 0.3 is 0 Å². The summed E-state index contributed by atoms with van der Waals surface area (Å²) in [7, 11) is 10.1. The number of hydrogen-bond donors (Lipinski definition) is 4. The molecule has 2 saturated carbocycles. The molecule has 94 heavy (non-hydrogen) atoms. The molecule has 2 aliphatic carbocycles. The van der Waals surface area contributed by atoms with Crippen LogP contribution in [-0.2, 0) is 57.5 Å². The van der Waals surface area contributed by atoms with E-state index in [2.05, 4.69) is 43.9 Å². The van der Waals surface area contributed by atoms with E-state index in [4.69, 9.17) is 11.6 Å². The van der Waals surface area contributed by atoms with Gasteiger partial charge in [0.15, 0.2) is 0 Å². The molecule has 4 rings (SSSR count). The topological polar surface area (TPSA) is 279 Å². The van der Waals surface area contributed by atoms with E-state index in [1.807, 2.05) is 48.5 Å². The zero-order chi connectivity index (χ0) is 70.8. The first kappa shape index (κ1) is 81.1. The maximum absolute atomic E-state index is 15.1. The molecule has 10 atom stereocenters. The van der Waals surface area contributed by atoms with Crippen molar-refractivity contribution < 1.29 is 57.5 Å². The van der Waals surface area contributed by atoms with Gasteiger partial charge in [0.2, 0.25) is 70.9 Å². The lowest BCUT2D eigenvalue weighted by molar-refractivity contribution is -0.152. The third kappa shape index (κ3) is 23.5. The zero-order valence-corrected chi connectivity index (χ0v) is 62.6. The van der Waals surface area contributed by atoms with Crippen LogP contribution in [0.15, 0.2) is 0 Å². The number of rotatable bonds is 13. The van der Waals surface area contributed by atoms with Crippen LogP contribution in [0.4, 0.5) is 0 Å². The predicted molar refractivity (Wildman–Crippen MR) is 371 cm³/mol.